The minimum atomic E-state index is -5.08. The van der Waals surface area contributed by atoms with Crippen LogP contribution in [0.1, 0.15) is 50.8 Å². The van der Waals surface area contributed by atoms with Crippen LogP contribution in [0.15, 0.2) is 29.1 Å². The molecule has 45 heavy (non-hydrogen) atoms. The zero-order valence-electron chi connectivity index (χ0n) is 25.6. The topological polar surface area (TPSA) is 171 Å². The molecule has 0 aliphatic carbocycles. The first-order valence-corrected chi connectivity index (χ1v) is 17.0. The molecule has 5 rings (SSSR count). The predicted molar refractivity (Wildman–Crippen MR) is 160 cm³/mol. The molecule has 0 amide bonds. The van der Waals surface area contributed by atoms with E-state index in [-0.39, 0.29) is 34.9 Å². The highest BCUT2D eigenvalue weighted by atomic mass is 28.3. The molecule has 0 saturated carbocycles. The van der Waals surface area contributed by atoms with Crippen LogP contribution in [-0.4, -0.2) is 58.5 Å². The van der Waals surface area contributed by atoms with Gasteiger partial charge in [0.2, 0.25) is 5.60 Å². The maximum atomic E-state index is 13.9. The number of pyridine rings is 2. The van der Waals surface area contributed by atoms with Crippen molar-refractivity contribution >= 4 is 42.1 Å². The largest absolute Gasteiger partial charge is 0.508 e. The van der Waals surface area contributed by atoms with E-state index in [2.05, 4.69) is 33.9 Å². The Kier molecular flexibility index (Phi) is 8.43. The van der Waals surface area contributed by atoms with E-state index in [0.29, 0.717) is 23.5 Å². The van der Waals surface area contributed by atoms with Crippen molar-refractivity contribution < 1.29 is 47.2 Å². The van der Waals surface area contributed by atoms with E-state index >= 15 is 0 Å². The van der Waals surface area contributed by atoms with E-state index in [9.17, 15) is 32.7 Å². The maximum absolute atomic E-state index is 13.9. The highest BCUT2D eigenvalue weighted by Gasteiger charge is 2.51. The van der Waals surface area contributed by atoms with Crippen LogP contribution in [0, 0.1) is 0 Å². The summed E-state index contributed by atoms with van der Waals surface area (Å²) in [7, 11) is -2.21. The number of carbonyl (C=O) groups is 3. The normalized spacial score (nSPS) is 17.4. The summed E-state index contributed by atoms with van der Waals surface area (Å²) < 4.78 is 44.4. The number of alkyl halides is 3. The van der Waals surface area contributed by atoms with E-state index in [0.717, 1.165) is 21.7 Å². The molecule has 1 aromatic carbocycles. The van der Waals surface area contributed by atoms with Gasteiger partial charge in [-0.25, -0.2) is 14.6 Å². The van der Waals surface area contributed by atoms with Gasteiger partial charge in [-0.15, -0.1) is 0 Å². The van der Waals surface area contributed by atoms with Crippen LogP contribution in [0.4, 0.5) is 13.2 Å². The molecular weight excluding hydrogens is 615 g/mol. The number of carboxylic acids is 1. The van der Waals surface area contributed by atoms with Gasteiger partial charge in [-0.2, -0.15) is 13.2 Å². The zero-order chi connectivity index (χ0) is 33.9. The van der Waals surface area contributed by atoms with Crippen LogP contribution in [-0.2, 0) is 42.6 Å². The summed E-state index contributed by atoms with van der Waals surface area (Å²) in [6.45, 7) is 12.7. The van der Waals surface area contributed by atoms with Crippen molar-refractivity contribution in [2.75, 3.05) is 6.54 Å². The van der Waals surface area contributed by atoms with Gasteiger partial charge in [-0.3, -0.25) is 9.59 Å². The number of halogens is 3. The highest BCUT2D eigenvalue weighted by Crippen LogP contribution is 2.43. The number of esters is 2. The molecule has 0 spiro atoms. The van der Waals surface area contributed by atoms with Gasteiger partial charge in [0.1, 0.15) is 12.4 Å². The Bertz CT molecular complexity index is 1800. The number of fused-ring (bicyclic) bond motifs is 5. The Balaban J connectivity index is 0.000000591. The standard InChI is InChI=1S/C28H33N3O6Si.C2HF3O2/c1-7-28(37-22(33)12-29)19-11-21-23-17(13-31(21)25(34)18(19)14-36-26(28)35)24(38(5,6)27(2,3)4)16-10-15(32)8-9-20(16)30-23;3-2(4,5)1(6)7/h8-11,32H,7,12-14,29H2,1-6H3;(H,6,7)/t28-;/m0./s1. The fourth-order valence-corrected chi connectivity index (χ4v) is 8.13. The quantitative estimate of drug-likeness (QED) is 0.219. The number of aromatic nitrogens is 2. The van der Waals surface area contributed by atoms with Crippen molar-refractivity contribution in [3.8, 4) is 17.1 Å². The number of phenolic OH excluding ortho intramolecular Hbond substituents is 1. The maximum Gasteiger partial charge on any atom is 0.490 e. The first kappa shape index (κ1) is 33.6. The molecule has 3 aromatic rings. The number of ether oxygens (including phenoxy) is 2. The van der Waals surface area contributed by atoms with Crippen LogP contribution >= 0.6 is 0 Å². The predicted octanol–water partition coefficient (Wildman–Crippen LogP) is 3.64. The van der Waals surface area contributed by atoms with Crippen molar-refractivity contribution in [3.63, 3.8) is 0 Å². The summed E-state index contributed by atoms with van der Waals surface area (Å²) in [5.41, 5.74) is 6.92. The molecule has 2 aromatic heterocycles. The molecule has 0 bridgehead atoms. The minimum absolute atomic E-state index is 0.0342. The molecule has 4 N–H and O–H groups in total. The van der Waals surface area contributed by atoms with Crippen molar-refractivity contribution in [1.82, 2.24) is 9.55 Å². The summed E-state index contributed by atoms with van der Waals surface area (Å²) in [5.74, 6) is -4.08. The van der Waals surface area contributed by atoms with Gasteiger partial charge < -0.3 is 30.0 Å². The van der Waals surface area contributed by atoms with Crippen LogP contribution in [0.3, 0.4) is 0 Å². The SMILES string of the molecule is CC[C@@]1(OC(=O)CN)C(=O)OCc2c1cc1n(c2=O)Cc2c-1nc1ccc(O)cc1c2[Si](C)(C)C(C)(C)C.O=C(O)C(F)(F)F. The van der Waals surface area contributed by atoms with Gasteiger partial charge in [0.05, 0.1) is 43.6 Å². The van der Waals surface area contributed by atoms with Gasteiger partial charge in [-0.1, -0.05) is 40.8 Å². The van der Waals surface area contributed by atoms with Crippen molar-refractivity contribution in [2.24, 2.45) is 5.73 Å². The number of benzene rings is 1. The van der Waals surface area contributed by atoms with Gasteiger partial charge in [0, 0.05) is 10.9 Å². The fraction of sp³-hybridized carbons (Fsp3) is 0.433. The molecule has 2 aliphatic heterocycles. The summed E-state index contributed by atoms with van der Waals surface area (Å²) in [6.07, 6.45) is -5.00. The molecule has 2 aliphatic rings. The molecule has 0 radical (unpaired) electrons. The Morgan fingerprint density at radius 2 is 1.78 bits per heavy atom. The Hall–Kier alpha value is -4.24. The van der Waals surface area contributed by atoms with Crippen LogP contribution in [0.25, 0.3) is 22.3 Å². The van der Waals surface area contributed by atoms with Crippen molar-refractivity contribution in [1.29, 1.82) is 0 Å². The van der Waals surface area contributed by atoms with Crippen molar-refractivity contribution in [3.05, 3.63) is 51.3 Å². The average Bonchev–Trinajstić information content (AvgIpc) is 3.30. The second kappa shape index (κ2) is 11.3. The Morgan fingerprint density at radius 3 is 2.31 bits per heavy atom. The summed E-state index contributed by atoms with van der Waals surface area (Å²) >= 11 is 0. The van der Waals surface area contributed by atoms with Crippen LogP contribution < -0.4 is 16.5 Å². The van der Waals surface area contributed by atoms with E-state index in [1.807, 2.05) is 0 Å². The lowest BCUT2D eigenvalue weighted by Crippen LogP contribution is -2.51. The second-order valence-corrected chi connectivity index (χ2v) is 17.7. The molecule has 0 saturated heterocycles. The van der Waals surface area contributed by atoms with Gasteiger partial charge in [0.15, 0.2) is 0 Å². The van der Waals surface area contributed by atoms with E-state index in [4.69, 9.17) is 30.1 Å². The van der Waals surface area contributed by atoms with Crippen molar-refractivity contribution in [2.45, 2.75) is 77.2 Å². The molecule has 0 unspecified atom stereocenters. The first-order chi connectivity index (χ1) is 20.7. The average molecular weight is 650 g/mol. The number of phenols is 1. The molecule has 1 atom stereocenters. The Labute approximate surface area is 256 Å². The lowest BCUT2D eigenvalue weighted by Gasteiger charge is -2.39. The molecular formula is C30H34F3N3O8Si. The number of hydrogen-bond acceptors (Lipinski definition) is 9. The van der Waals surface area contributed by atoms with E-state index in [1.54, 1.807) is 35.8 Å². The number of carboxylic acid groups (broad SMARTS) is 1. The lowest BCUT2D eigenvalue weighted by atomic mass is 9.85. The second-order valence-electron chi connectivity index (χ2n) is 12.4. The highest BCUT2D eigenvalue weighted by molar-refractivity contribution is 6.94. The van der Waals surface area contributed by atoms with E-state index in [1.165, 1.54) is 0 Å². The summed E-state index contributed by atoms with van der Waals surface area (Å²) in [5, 5.41) is 19.5. The number of nitrogens with two attached hydrogens (primary N) is 1. The molecule has 0 fully saturated rings. The lowest BCUT2D eigenvalue weighted by molar-refractivity contribution is -0.192. The smallest absolute Gasteiger partial charge is 0.490 e. The first-order valence-electron chi connectivity index (χ1n) is 14.0. The van der Waals surface area contributed by atoms with Gasteiger partial charge in [0.25, 0.3) is 5.56 Å². The number of rotatable bonds is 4. The third kappa shape index (κ3) is 5.58. The molecule has 15 heteroatoms. The third-order valence-corrected chi connectivity index (χ3v) is 14.4. The summed E-state index contributed by atoms with van der Waals surface area (Å²) in [6, 6.07) is 6.91. The zero-order valence-corrected chi connectivity index (χ0v) is 26.6. The number of hydrogen-bond donors (Lipinski definition) is 3. The number of carbonyl (C=O) groups excluding carboxylic acids is 2. The number of aliphatic carboxylic acids is 1. The number of cyclic esters (lactones) is 1. The fourth-order valence-electron chi connectivity index (χ4n) is 5.55. The number of aromatic hydroxyl groups is 1. The molecule has 4 heterocycles. The third-order valence-electron chi connectivity index (χ3n) is 8.84. The Morgan fingerprint density at radius 1 is 1.16 bits per heavy atom. The molecule has 11 nitrogen and oxygen atoms in total. The van der Waals surface area contributed by atoms with Gasteiger partial charge in [-0.05, 0) is 46.5 Å². The van der Waals surface area contributed by atoms with Crippen LogP contribution in [0.5, 0.6) is 5.75 Å². The van der Waals surface area contributed by atoms with E-state index < -0.39 is 44.3 Å². The molecule has 242 valence electrons. The van der Waals surface area contributed by atoms with Crippen LogP contribution in [0.2, 0.25) is 18.1 Å². The monoisotopic (exact) mass is 649 g/mol. The van der Waals surface area contributed by atoms with Gasteiger partial charge >= 0.3 is 24.1 Å². The summed E-state index contributed by atoms with van der Waals surface area (Å²) in [4.78, 5) is 53.1. The minimum Gasteiger partial charge on any atom is -0.508 e. The number of nitrogens with zero attached hydrogens (tertiary/aromatic N) is 2.